The van der Waals surface area contributed by atoms with Crippen LogP contribution < -0.4 is 5.32 Å². The highest BCUT2D eigenvalue weighted by molar-refractivity contribution is 7.14. The number of nitrogens with zero attached hydrogens (tertiary/aromatic N) is 1. The van der Waals surface area contributed by atoms with Crippen LogP contribution in [0.1, 0.15) is 49.5 Å². The maximum atomic E-state index is 11.7. The molecular weight excluding hydrogens is 236 g/mol. The quantitative estimate of drug-likeness (QED) is 0.839. The van der Waals surface area contributed by atoms with Gasteiger partial charge in [0.25, 0.3) is 0 Å². The van der Waals surface area contributed by atoms with Crippen molar-refractivity contribution in [1.82, 2.24) is 4.98 Å². The zero-order chi connectivity index (χ0) is 12.1. The molecule has 94 valence electrons. The summed E-state index contributed by atoms with van der Waals surface area (Å²) in [6.07, 6.45) is 6.22. The second-order valence-corrected chi connectivity index (χ2v) is 5.08. The van der Waals surface area contributed by atoms with Crippen LogP contribution in [0.4, 0.5) is 5.00 Å². The molecule has 0 amide bonds. The molecule has 0 aliphatic heterocycles. The SMILES string of the molecule is CCOC(=O)c1ncsc1NC1CCCCC1. The number of nitrogens with one attached hydrogen (secondary N) is 1. The van der Waals surface area contributed by atoms with Crippen molar-refractivity contribution in [2.24, 2.45) is 0 Å². The van der Waals surface area contributed by atoms with Crippen LogP contribution in [0.5, 0.6) is 0 Å². The number of carbonyl (C=O) groups is 1. The lowest BCUT2D eigenvalue weighted by Gasteiger charge is -2.23. The standard InChI is InChI=1S/C12H18N2O2S/c1-2-16-12(15)10-11(17-8-13-10)14-9-6-4-3-5-7-9/h8-9,14H,2-7H2,1H3. The summed E-state index contributed by atoms with van der Waals surface area (Å²) < 4.78 is 4.98. The summed E-state index contributed by atoms with van der Waals surface area (Å²) in [7, 11) is 0. The Hall–Kier alpha value is -1.10. The smallest absolute Gasteiger partial charge is 0.360 e. The Balaban J connectivity index is 2.00. The monoisotopic (exact) mass is 254 g/mol. The molecule has 1 fully saturated rings. The molecule has 1 aromatic heterocycles. The predicted molar refractivity (Wildman–Crippen MR) is 68.6 cm³/mol. The fourth-order valence-corrected chi connectivity index (χ4v) is 2.87. The summed E-state index contributed by atoms with van der Waals surface area (Å²) in [5.41, 5.74) is 2.12. The topological polar surface area (TPSA) is 51.2 Å². The van der Waals surface area contributed by atoms with Gasteiger partial charge in [-0.25, -0.2) is 9.78 Å². The van der Waals surface area contributed by atoms with Crippen LogP contribution in [-0.2, 0) is 4.74 Å². The lowest BCUT2D eigenvalue weighted by Crippen LogP contribution is -2.23. The zero-order valence-corrected chi connectivity index (χ0v) is 10.9. The molecule has 5 heteroatoms. The zero-order valence-electron chi connectivity index (χ0n) is 10.1. The number of anilines is 1. The molecule has 0 bridgehead atoms. The first kappa shape index (κ1) is 12.4. The number of carbonyl (C=O) groups excluding carboxylic acids is 1. The van der Waals surface area contributed by atoms with Gasteiger partial charge in [0.1, 0.15) is 5.00 Å². The predicted octanol–water partition coefficient (Wildman–Crippen LogP) is 3.06. The van der Waals surface area contributed by atoms with Crippen LogP contribution in [0.2, 0.25) is 0 Å². The van der Waals surface area contributed by atoms with Crippen molar-refractivity contribution in [3.05, 3.63) is 11.2 Å². The molecule has 1 aliphatic carbocycles. The van der Waals surface area contributed by atoms with Crippen molar-refractivity contribution >= 4 is 22.3 Å². The van der Waals surface area contributed by atoms with E-state index >= 15 is 0 Å². The molecule has 0 saturated heterocycles. The lowest BCUT2D eigenvalue weighted by molar-refractivity contribution is 0.0521. The Bertz CT molecular complexity index is 372. The van der Waals surface area contributed by atoms with E-state index in [0.717, 1.165) is 5.00 Å². The van der Waals surface area contributed by atoms with Crippen molar-refractivity contribution in [2.45, 2.75) is 45.1 Å². The maximum Gasteiger partial charge on any atom is 0.360 e. The second kappa shape index (κ2) is 6.00. The Morgan fingerprint density at radius 2 is 2.29 bits per heavy atom. The van der Waals surface area contributed by atoms with E-state index in [2.05, 4.69) is 10.3 Å². The molecule has 4 nitrogen and oxygen atoms in total. The number of ether oxygens (including phenoxy) is 1. The number of rotatable bonds is 4. The minimum Gasteiger partial charge on any atom is -0.461 e. The fraction of sp³-hybridized carbons (Fsp3) is 0.667. The average Bonchev–Trinajstić information content (AvgIpc) is 2.79. The third kappa shape index (κ3) is 3.19. The van der Waals surface area contributed by atoms with Crippen LogP contribution in [0, 0.1) is 0 Å². The van der Waals surface area contributed by atoms with Crippen LogP contribution in [0.25, 0.3) is 0 Å². The summed E-state index contributed by atoms with van der Waals surface area (Å²) in [6, 6.07) is 0.484. The van der Waals surface area contributed by atoms with Gasteiger partial charge in [0.15, 0.2) is 5.69 Å². The summed E-state index contributed by atoms with van der Waals surface area (Å²) in [4.78, 5) is 15.7. The van der Waals surface area contributed by atoms with E-state index in [0.29, 0.717) is 18.3 Å². The highest BCUT2D eigenvalue weighted by atomic mass is 32.1. The van der Waals surface area contributed by atoms with Gasteiger partial charge in [-0.3, -0.25) is 0 Å². The van der Waals surface area contributed by atoms with Gasteiger partial charge in [-0.1, -0.05) is 19.3 Å². The molecule has 2 rings (SSSR count). The minimum atomic E-state index is -0.327. The Morgan fingerprint density at radius 3 is 3.00 bits per heavy atom. The molecule has 0 spiro atoms. The van der Waals surface area contributed by atoms with Gasteiger partial charge in [0.2, 0.25) is 0 Å². The summed E-state index contributed by atoms with van der Waals surface area (Å²) in [6.45, 7) is 2.19. The number of hydrogen-bond donors (Lipinski definition) is 1. The minimum absolute atomic E-state index is 0.327. The van der Waals surface area contributed by atoms with Crippen molar-refractivity contribution < 1.29 is 9.53 Å². The number of thiazole rings is 1. The van der Waals surface area contributed by atoms with Gasteiger partial charge in [0, 0.05) is 6.04 Å². The van der Waals surface area contributed by atoms with E-state index in [-0.39, 0.29) is 5.97 Å². The highest BCUT2D eigenvalue weighted by Crippen LogP contribution is 2.26. The van der Waals surface area contributed by atoms with Crippen molar-refractivity contribution in [3.63, 3.8) is 0 Å². The van der Waals surface area contributed by atoms with Crippen LogP contribution in [-0.4, -0.2) is 23.6 Å². The van der Waals surface area contributed by atoms with E-state index in [1.165, 1.54) is 43.4 Å². The van der Waals surface area contributed by atoms with E-state index in [1.807, 2.05) is 0 Å². The van der Waals surface area contributed by atoms with Gasteiger partial charge >= 0.3 is 5.97 Å². The molecule has 1 N–H and O–H groups in total. The number of hydrogen-bond acceptors (Lipinski definition) is 5. The van der Waals surface area contributed by atoms with E-state index < -0.39 is 0 Å². The first-order chi connectivity index (χ1) is 8.31. The third-order valence-electron chi connectivity index (χ3n) is 2.98. The van der Waals surface area contributed by atoms with Gasteiger partial charge < -0.3 is 10.1 Å². The number of esters is 1. The average molecular weight is 254 g/mol. The van der Waals surface area contributed by atoms with Gasteiger partial charge in [-0.05, 0) is 19.8 Å². The van der Waals surface area contributed by atoms with Gasteiger partial charge in [-0.15, -0.1) is 11.3 Å². The van der Waals surface area contributed by atoms with Crippen LogP contribution in [0.3, 0.4) is 0 Å². The molecule has 1 saturated carbocycles. The van der Waals surface area contributed by atoms with Crippen molar-refractivity contribution in [2.75, 3.05) is 11.9 Å². The first-order valence-corrected chi connectivity index (χ1v) is 7.06. The molecular formula is C12H18N2O2S. The Kier molecular flexibility index (Phi) is 4.36. The van der Waals surface area contributed by atoms with Gasteiger partial charge in [0.05, 0.1) is 12.1 Å². The van der Waals surface area contributed by atoms with Crippen LogP contribution >= 0.6 is 11.3 Å². The Morgan fingerprint density at radius 1 is 1.53 bits per heavy atom. The maximum absolute atomic E-state index is 11.7. The normalized spacial score (nSPS) is 16.8. The molecule has 1 aliphatic rings. The van der Waals surface area contributed by atoms with E-state index in [4.69, 9.17) is 4.74 Å². The fourth-order valence-electron chi connectivity index (χ4n) is 2.13. The molecule has 0 unspecified atom stereocenters. The van der Waals surface area contributed by atoms with E-state index in [9.17, 15) is 4.79 Å². The largest absolute Gasteiger partial charge is 0.461 e. The number of aromatic nitrogens is 1. The van der Waals surface area contributed by atoms with E-state index in [1.54, 1.807) is 12.4 Å². The Labute approximate surface area is 105 Å². The highest BCUT2D eigenvalue weighted by Gasteiger charge is 2.20. The van der Waals surface area contributed by atoms with Crippen molar-refractivity contribution in [1.29, 1.82) is 0 Å². The van der Waals surface area contributed by atoms with Crippen LogP contribution in [0.15, 0.2) is 5.51 Å². The van der Waals surface area contributed by atoms with Gasteiger partial charge in [-0.2, -0.15) is 0 Å². The summed E-state index contributed by atoms with van der Waals surface area (Å²) >= 11 is 1.47. The third-order valence-corrected chi connectivity index (χ3v) is 3.73. The molecule has 17 heavy (non-hydrogen) atoms. The molecule has 1 heterocycles. The van der Waals surface area contributed by atoms with Crippen molar-refractivity contribution in [3.8, 4) is 0 Å². The molecule has 0 aromatic carbocycles. The molecule has 1 aromatic rings. The molecule has 0 radical (unpaired) electrons. The lowest BCUT2D eigenvalue weighted by atomic mass is 9.96. The first-order valence-electron chi connectivity index (χ1n) is 6.18. The second-order valence-electron chi connectivity index (χ2n) is 4.23. The summed E-state index contributed by atoms with van der Waals surface area (Å²) in [5, 5.41) is 4.28. The molecule has 0 atom stereocenters. The summed E-state index contributed by atoms with van der Waals surface area (Å²) in [5.74, 6) is -0.327.